The van der Waals surface area contributed by atoms with Crippen molar-refractivity contribution in [3.8, 4) is 0 Å². The van der Waals surface area contributed by atoms with E-state index in [2.05, 4.69) is 12.0 Å². The number of aryl methyl sites for hydroxylation is 1. The quantitative estimate of drug-likeness (QED) is 0.830. The highest BCUT2D eigenvalue weighted by Gasteiger charge is 2.40. The maximum Gasteiger partial charge on any atom is 0.272 e. The lowest BCUT2D eigenvalue weighted by atomic mass is 9.80. The monoisotopic (exact) mass is 333 g/mol. The molecule has 0 N–H and O–H groups in total. The van der Waals surface area contributed by atoms with Crippen LogP contribution in [0.3, 0.4) is 0 Å². The summed E-state index contributed by atoms with van der Waals surface area (Å²) in [6.07, 6.45) is 3.14. The first-order chi connectivity index (χ1) is 11.5. The summed E-state index contributed by atoms with van der Waals surface area (Å²) < 4.78 is 13.0. The molecule has 4 rings (SSSR count). The first-order valence-corrected chi connectivity index (χ1v) is 9.12. The minimum absolute atomic E-state index is 0.0390. The van der Waals surface area contributed by atoms with Gasteiger partial charge in [0.05, 0.1) is 17.9 Å². The molecule has 0 unspecified atom stereocenters. The van der Waals surface area contributed by atoms with E-state index in [1.807, 2.05) is 18.9 Å². The van der Waals surface area contributed by atoms with Crippen LogP contribution in [0.15, 0.2) is 0 Å². The molecule has 1 amide bonds. The van der Waals surface area contributed by atoms with E-state index in [0.717, 1.165) is 68.4 Å². The fourth-order valence-corrected chi connectivity index (χ4v) is 4.45. The van der Waals surface area contributed by atoms with Gasteiger partial charge in [0.15, 0.2) is 0 Å². The topological polar surface area (TPSA) is 56.6 Å². The molecule has 3 aliphatic rings. The number of amides is 1. The predicted octanol–water partition coefficient (Wildman–Crippen LogP) is 1.94. The zero-order valence-corrected chi connectivity index (χ0v) is 14.8. The Kier molecular flexibility index (Phi) is 4.12. The van der Waals surface area contributed by atoms with Crippen molar-refractivity contribution >= 4 is 5.91 Å². The first-order valence-electron chi connectivity index (χ1n) is 9.12. The van der Waals surface area contributed by atoms with Crippen LogP contribution >= 0.6 is 0 Å². The molecule has 6 heteroatoms. The van der Waals surface area contributed by atoms with Crippen molar-refractivity contribution in [2.24, 2.45) is 18.9 Å². The molecule has 2 fully saturated rings. The largest absolute Gasteiger partial charge is 0.381 e. The summed E-state index contributed by atoms with van der Waals surface area (Å²) in [5.41, 5.74) is 2.78. The van der Waals surface area contributed by atoms with Gasteiger partial charge in [-0.15, -0.1) is 0 Å². The van der Waals surface area contributed by atoms with Crippen LogP contribution < -0.4 is 0 Å². The summed E-state index contributed by atoms with van der Waals surface area (Å²) in [5.74, 6) is 1.50. The number of nitrogens with zero attached hydrogens (tertiary/aromatic N) is 3. The van der Waals surface area contributed by atoms with Crippen molar-refractivity contribution in [1.82, 2.24) is 14.7 Å². The molecule has 1 aromatic heterocycles. The lowest BCUT2D eigenvalue weighted by Gasteiger charge is -2.44. The van der Waals surface area contributed by atoms with Crippen molar-refractivity contribution < 1.29 is 14.3 Å². The Bertz CT molecular complexity index is 630. The fraction of sp³-hybridized carbons (Fsp3) is 0.778. The Morgan fingerprint density at radius 1 is 1.17 bits per heavy atom. The van der Waals surface area contributed by atoms with Gasteiger partial charge in [-0.25, -0.2) is 0 Å². The van der Waals surface area contributed by atoms with Gasteiger partial charge in [0.2, 0.25) is 0 Å². The number of carbonyl (C=O) groups excluding carboxylic acids is 1. The Morgan fingerprint density at radius 3 is 2.58 bits per heavy atom. The van der Waals surface area contributed by atoms with Gasteiger partial charge < -0.3 is 14.4 Å². The van der Waals surface area contributed by atoms with Crippen LogP contribution in [0.5, 0.6) is 0 Å². The highest BCUT2D eigenvalue weighted by atomic mass is 16.5. The molecule has 2 saturated heterocycles. The average Bonchev–Trinajstić information content (AvgIpc) is 2.83. The second-order valence-electron chi connectivity index (χ2n) is 7.55. The number of likely N-dealkylation sites (tertiary alicyclic amines) is 1. The van der Waals surface area contributed by atoms with Crippen LogP contribution in [0.4, 0.5) is 0 Å². The summed E-state index contributed by atoms with van der Waals surface area (Å²) in [4.78, 5) is 15.0. The van der Waals surface area contributed by atoms with Gasteiger partial charge >= 0.3 is 0 Å². The third-order valence-corrected chi connectivity index (χ3v) is 5.82. The Balaban J connectivity index is 1.48. The smallest absolute Gasteiger partial charge is 0.272 e. The fourth-order valence-electron chi connectivity index (χ4n) is 4.45. The number of hydrogen-bond acceptors (Lipinski definition) is 4. The molecule has 6 nitrogen and oxygen atoms in total. The zero-order valence-electron chi connectivity index (χ0n) is 14.8. The summed E-state index contributed by atoms with van der Waals surface area (Å²) in [5, 5.41) is 4.56. The van der Waals surface area contributed by atoms with E-state index in [0.29, 0.717) is 5.92 Å². The highest BCUT2D eigenvalue weighted by Crippen LogP contribution is 2.35. The van der Waals surface area contributed by atoms with E-state index >= 15 is 0 Å². The Labute approximate surface area is 143 Å². The summed E-state index contributed by atoms with van der Waals surface area (Å²) in [6.45, 7) is 7.59. The van der Waals surface area contributed by atoms with Crippen molar-refractivity contribution in [3.63, 3.8) is 0 Å². The molecular weight excluding hydrogens is 306 g/mol. The second-order valence-corrected chi connectivity index (χ2v) is 7.55. The van der Waals surface area contributed by atoms with Gasteiger partial charge in [-0.05, 0) is 38.5 Å². The normalized spacial score (nSPS) is 28.5. The SMILES string of the molecule is C[C@@H]1Cc2c(nn(C)c2C(=O)N2CC(C3CCOCC3)C2)[C@H](C)O1. The molecule has 0 bridgehead atoms. The van der Waals surface area contributed by atoms with Crippen LogP contribution in [0.1, 0.15) is 54.5 Å². The molecule has 4 heterocycles. The molecular formula is C18H27N3O3. The maximum absolute atomic E-state index is 13.0. The van der Waals surface area contributed by atoms with Crippen LogP contribution in [-0.4, -0.2) is 53.0 Å². The molecule has 0 radical (unpaired) electrons. The van der Waals surface area contributed by atoms with E-state index in [-0.39, 0.29) is 18.1 Å². The van der Waals surface area contributed by atoms with Crippen LogP contribution in [0.2, 0.25) is 0 Å². The van der Waals surface area contributed by atoms with Crippen molar-refractivity contribution in [2.45, 2.75) is 45.3 Å². The number of hydrogen-bond donors (Lipinski definition) is 0. The van der Waals surface area contributed by atoms with Gasteiger partial charge in [-0.2, -0.15) is 5.10 Å². The summed E-state index contributed by atoms with van der Waals surface area (Å²) in [7, 11) is 1.87. The van der Waals surface area contributed by atoms with Crippen LogP contribution in [0.25, 0.3) is 0 Å². The van der Waals surface area contributed by atoms with E-state index in [9.17, 15) is 4.79 Å². The minimum atomic E-state index is -0.0390. The van der Waals surface area contributed by atoms with Crippen molar-refractivity contribution in [2.75, 3.05) is 26.3 Å². The lowest BCUT2D eigenvalue weighted by Crippen LogP contribution is -2.54. The molecule has 0 aliphatic carbocycles. The lowest BCUT2D eigenvalue weighted by molar-refractivity contribution is -0.00793. The number of ether oxygens (including phenoxy) is 2. The molecule has 0 aromatic carbocycles. The van der Waals surface area contributed by atoms with Crippen molar-refractivity contribution in [3.05, 3.63) is 17.0 Å². The van der Waals surface area contributed by atoms with E-state index in [4.69, 9.17) is 9.47 Å². The highest BCUT2D eigenvalue weighted by molar-refractivity contribution is 5.95. The molecule has 24 heavy (non-hydrogen) atoms. The first kappa shape index (κ1) is 16.1. The van der Waals surface area contributed by atoms with E-state index < -0.39 is 0 Å². The summed E-state index contributed by atoms with van der Waals surface area (Å²) in [6, 6.07) is 0. The van der Waals surface area contributed by atoms with Gasteiger partial charge in [-0.3, -0.25) is 9.48 Å². The maximum atomic E-state index is 13.0. The molecule has 132 valence electrons. The Morgan fingerprint density at radius 2 is 1.88 bits per heavy atom. The van der Waals surface area contributed by atoms with Crippen LogP contribution in [0, 0.1) is 11.8 Å². The molecule has 2 atom stereocenters. The molecule has 0 saturated carbocycles. The molecule has 3 aliphatic heterocycles. The number of aromatic nitrogens is 2. The average molecular weight is 333 g/mol. The van der Waals surface area contributed by atoms with E-state index in [1.165, 1.54) is 0 Å². The van der Waals surface area contributed by atoms with Gasteiger partial charge in [0.1, 0.15) is 5.69 Å². The summed E-state index contributed by atoms with van der Waals surface area (Å²) >= 11 is 0. The van der Waals surface area contributed by atoms with Crippen LogP contribution in [-0.2, 0) is 22.9 Å². The van der Waals surface area contributed by atoms with Gasteiger partial charge in [0, 0.05) is 45.3 Å². The van der Waals surface area contributed by atoms with Crippen molar-refractivity contribution in [1.29, 1.82) is 0 Å². The van der Waals surface area contributed by atoms with Gasteiger partial charge in [-0.1, -0.05) is 0 Å². The third kappa shape index (κ3) is 2.65. The zero-order chi connectivity index (χ0) is 16.8. The standard InChI is InChI=1S/C18H27N3O3/c1-11-8-15-16(12(2)24-11)19-20(3)17(15)18(22)21-9-14(10-21)13-4-6-23-7-5-13/h11-14H,4-10H2,1-3H3/t11-,12+/m1/s1. The van der Waals surface area contributed by atoms with Gasteiger partial charge in [0.25, 0.3) is 5.91 Å². The third-order valence-electron chi connectivity index (χ3n) is 5.82. The number of fused-ring (bicyclic) bond motifs is 1. The van der Waals surface area contributed by atoms with E-state index in [1.54, 1.807) is 4.68 Å². The molecule has 1 aromatic rings. The number of carbonyl (C=O) groups is 1. The predicted molar refractivity (Wildman–Crippen MR) is 88.8 cm³/mol. The minimum Gasteiger partial charge on any atom is -0.381 e. The number of rotatable bonds is 2. The molecule has 0 spiro atoms. The Hall–Kier alpha value is -1.40. The second kappa shape index (κ2) is 6.15.